The summed E-state index contributed by atoms with van der Waals surface area (Å²) in [5.41, 5.74) is 0.329. The van der Waals surface area contributed by atoms with E-state index in [9.17, 15) is 23.3 Å². The van der Waals surface area contributed by atoms with Gasteiger partial charge in [0.05, 0.1) is 22.5 Å². The standard InChI is InChI=1S/C18H18N2O6S/c21-18(12-26-17-9-5-4-8-16(17)20(22)23)19(14-6-2-1-3-7-14)15-10-11-27(24,25)13-15/h1-9,15H,10-13H2/t15-/m1/s1. The van der Waals surface area contributed by atoms with E-state index in [1.807, 2.05) is 0 Å². The van der Waals surface area contributed by atoms with E-state index in [1.165, 1.54) is 23.1 Å². The quantitative estimate of drug-likeness (QED) is 0.553. The van der Waals surface area contributed by atoms with Gasteiger partial charge in [-0.05, 0) is 24.6 Å². The van der Waals surface area contributed by atoms with E-state index in [0.717, 1.165) is 0 Å². The van der Waals surface area contributed by atoms with Crippen molar-refractivity contribution in [3.8, 4) is 5.75 Å². The highest BCUT2D eigenvalue weighted by Crippen LogP contribution is 2.27. The summed E-state index contributed by atoms with van der Waals surface area (Å²) in [6.07, 6.45) is 0.342. The highest BCUT2D eigenvalue weighted by atomic mass is 32.2. The number of benzene rings is 2. The van der Waals surface area contributed by atoms with Crippen molar-refractivity contribution < 1.29 is 22.9 Å². The predicted octanol–water partition coefficient (Wildman–Crippen LogP) is 2.19. The van der Waals surface area contributed by atoms with Crippen molar-refractivity contribution in [2.75, 3.05) is 23.0 Å². The maximum atomic E-state index is 12.8. The maximum absolute atomic E-state index is 12.8. The number of amides is 1. The van der Waals surface area contributed by atoms with Crippen molar-refractivity contribution in [3.05, 3.63) is 64.7 Å². The summed E-state index contributed by atoms with van der Waals surface area (Å²) in [4.78, 5) is 24.7. The normalized spacial score (nSPS) is 18.0. The summed E-state index contributed by atoms with van der Waals surface area (Å²) >= 11 is 0. The van der Waals surface area contributed by atoms with Gasteiger partial charge in [-0.3, -0.25) is 14.9 Å². The number of carbonyl (C=O) groups excluding carboxylic acids is 1. The molecule has 1 atom stereocenters. The average Bonchev–Trinajstić information content (AvgIpc) is 3.00. The Bertz CT molecular complexity index is 945. The topological polar surface area (TPSA) is 107 Å². The second-order valence-corrected chi connectivity index (χ2v) is 8.40. The van der Waals surface area contributed by atoms with E-state index in [4.69, 9.17) is 4.74 Å². The lowest BCUT2D eigenvalue weighted by molar-refractivity contribution is -0.385. The number of sulfone groups is 1. The van der Waals surface area contributed by atoms with Crippen LogP contribution in [0.2, 0.25) is 0 Å². The van der Waals surface area contributed by atoms with Gasteiger partial charge in [-0.25, -0.2) is 8.42 Å². The van der Waals surface area contributed by atoms with E-state index in [1.54, 1.807) is 36.4 Å². The van der Waals surface area contributed by atoms with Gasteiger partial charge in [-0.15, -0.1) is 0 Å². The van der Waals surface area contributed by atoms with Crippen LogP contribution in [0.1, 0.15) is 6.42 Å². The zero-order valence-electron chi connectivity index (χ0n) is 14.4. The molecule has 0 N–H and O–H groups in total. The molecule has 0 radical (unpaired) electrons. The summed E-state index contributed by atoms with van der Waals surface area (Å²) in [7, 11) is -3.19. The lowest BCUT2D eigenvalue weighted by Gasteiger charge is -2.28. The number of ether oxygens (including phenoxy) is 1. The van der Waals surface area contributed by atoms with Gasteiger partial charge >= 0.3 is 5.69 Å². The maximum Gasteiger partial charge on any atom is 0.310 e. The van der Waals surface area contributed by atoms with E-state index in [-0.39, 0.29) is 22.9 Å². The van der Waals surface area contributed by atoms with E-state index in [2.05, 4.69) is 0 Å². The Morgan fingerprint density at radius 1 is 1.15 bits per heavy atom. The molecule has 9 heteroatoms. The van der Waals surface area contributed by atoms with Gasteiger partial charge < -0.3 is 9.64 Å². The molecule has 142 valence electrons. The summed E-state index contributed by atoms with van der Waals surface area (Å²) < 4.78 is 29.1. The first-order valence-electron chi connectivity index (χ1n) is 8.31. The van der Waals surface area contributed by atoms with Crippen LogP contribution in [0, 0.1) is 10.1 Å². The number of para-hydroxylation sites is 3. The zero-order chi connectivity index (χ0) is 19.4. The van der Waals surface area contributed by atoms with Gasteiger partial charge in [0.15, 0.2) is 22.2 Å². The Kier molecular flexibility index (Phi) is 5.41. The van der Waals surface area contributed by atoms with E-state index >= 15 is 0 Å². The SMILES string of the molecule is O=C(COc1ccccc1[N+](=O)[O-])N(c1ccccc1)[C@@H]1CCS(=O)(=O)C1. The van der Waals surface area contributed by atoms with Crippen LogP contribution in [0.15, 0.2) is 54.6 Å². The summed E-state index contributed by atoms with van der Waals surface area (Å²) in [5.74, 6) is -0.553. The number of anilines is 1. The molecule has 1 amide bonds. The highest BCUT2D eigenvalue weighted by Gasteiger charge is 2.35. The molecule has 0 unspecified atom stereocenters. The first-order valence-corrected chi connectivity index (χ1v) is 10.1. The van der Waals surface area contributed by atoms with Crippen molar-refractivity contribution in [1.29, 1.82) is 0 Å². The van der Waals surface area contributed by atoms with Crippen LogP contribution in [-0.4, -0.2) is 43.4 Å². The molecule has 8 nitrogen and oxygen atoms in total. The Labute approximate surface area is 156 Å². The van der Waals surface area contributed by atoms with Crippen molar-refractivity contribution in [1.82, 2.24) is 0 Å². The molecule has 2 aromatic carbocycles. The van der Waals surface area contributed by atoms with E-state index in [0.29, 0.717) is 12.1 Å². The third-order valence-corrected chi connectivity index (χ3v) is 6.04. The molecule has 1 heterocycles. The monoisotopic (exact) mass is 390 g/mol. The molecule has 0 aliphatic carbocycles. The first kappa shape index (κ1) is 18.8. The average molecular weight is 390 g/mol. The molecule has 0 spiro atoms. The molecule has 1 aliphatic heterocycles. The minimum Gasteiger partial charge on any atom is -0.477 e. The van der Waals surface area contributed by atoms with Crippen molar-refractivity contribution in [2.24, 2.45) is 0 Å². The first-order chi connectivity index (χ1) is 12.9. The van der Waals surface area contributed by atoms with Crippen LogP contribution in [0.25, 0.3) is 0 Å². The number of carbonyl (C=O) groups is 1. The van der Waals surface area contributed by atoms with Crippen LogP contribution in [0.4, 0.5) is 11.4 Å². The van der Waals surface area contributed by atoms with Crippen LogP contribution in [-0.2, 0) is 14.6 Å². The Morgan fingerprint density at radius 3 is 2.44 bits per heavy atom. The molecule has 0 saturated carbocycles. The van der Waals surface area contributed by atoms with Gasteiger partial charge in [0, 0.05) is 11.8 Å². The lowest BCUT2D eigenvalue weighted by Crippen LogP contribution is -2.43. The zero-order valence-corrected chi connectivity index (χ0v) is 15.2. The van der Waals surface area contributed by atoms with Crippen LogP contribution < -0.4 is 9.64 Å². The van der Waals surface area contributed by atoms with E-state index < -0.39 is 33.3 Å². The number of nitrogens with zero attached hydrogens (tertiary/aromatic N) is 2. The fourth-order valence-corrected chi connectivity index (χ4v) is 4.76. The Morgan fingerprint density at radius 2 is 1.81 bits per heavy atom. The number of hydrogen-bond acceptors (Lipinski definition) is 6. The van der Waals surface area contributed by atoms with Gasteiger partial charge in [-0.2, -0.15) is 0 Å². The number of rotatable bonds is 6. The third kappa shape index (κ3) is 4.43. The second kappa shape index (κ2) is 7.75. The smallest absolute Gasteiger partial charge is 0.310 e. The fraction of sp³-hybridized carbons (Fsp3) is 0.278. The summed E-state index contributed by atoms with van der Waals surface area (Å²) in [6, 6.07) is 14.0. The summed E-state index contributed by atoms with van der Waals surface area (Å²) in [6.45, 7) is -0.434. The third-order valence-electron chi connectivity index (χ3n) is 4.29. The number of hydrogen-bond donors (Lipinski definition) is 0. The minimum atomic E-state index is -3.19. The second-order valence-electron chi connectivity index (χ2n) is 6.17. The van der Waals surface area contributed by atoms with Crippen LogP contribution in [0.3, 0.4) is 0 Å². The summed E-state index contributed by atoms with van der Waals surface area (Å²) in [5, 5.41) is 11.1. The molecular formula is C18H18N2O6S. The van der Waals surface area contributed by atoms with Crippen LogP contribution >= 0.6 is 0 Å². The van der Waals surface area contributed by atoms with Crippen molar-refractivity contribution in [2.45, 2.75) is 12.5 Å². The predicted molar refractivity (Wildman–Crippen MR) is 99.6 cm³/mol. The molecule has 0 aromatic heterocycles. The number of nitro benzene ring substituents is 1. The molecule has 27 heavy (non-hydrogen) atoms. The fourth-order valence-electron chi connectivity index (χ4n) is 3.07. The van der Waals surface area contributed by atoms with Crippen molar-refractivity contribution in [3.63, 3.8) is 0 Å². The van der Waals surface area contributed by atoms with Gasteiger partial charge in [0.25, 0.3) is 5.91 Å². The Hall–Kier alpha value is -2.94. The molecule has 1 aliphatic rings. The lowest BCUT2D eigenvalue weighted by atomic mass is 10.2. The molecule has 1 saturated heterocycles. The molecule has 2 aromatic rings. The highest BCUT2D eigenvalue weighted by molar-refractivity contribution is 7.91. The largest absolute Gasteiger partial charge is 0.477 e. The Balaban J connectivity index is 1.81. The minimum absolute atomic E-state index is 0.0112. The molecular weight excluding hydrogens is 372 g/mol. The molecule has 0 bridgehead atoms. The molecule has 1 fully saturated rings. The van der Waals surface area contributed by atoms with Gasteiger partial charge in [0.1, 0.15) is 0 Å². The number of nitro groups is 1. The van der Waals surface area contributed by atoms with Crippen LogP contribution in [0.5, 0.6) is 5.75 Å². The van der Waals surface area contributed by atoms with Gasteiger partial charge in [-0.1, -0.05) is 30.3 Å². The molecule has 3 rings (SSSR count). The van der Waals surface area contributed by atoms with Gasteiger partial charge in [0.2, 0.25) is 0 Å². The van der Waals surface area contributed by atoms with Crippen molar-refractivity contribution >= 4 is 27.1 Å².